The van der Waals surface area contributed by atoms with Crippen molar-refractivity contribution in [3.8, 4) is 0 Å². The first-order chi connectivity index (χ1) is 6.74. The van der Waals surface area contributed by atoms with Crippen LogP contribution in [-0.2, 0) is 22.5 Å². The van der Waals surface area contributed by atoms with Crippen molar-refractivity contribution in [1.29, 1.82) is 0 Å². The van der Waals surface area contributed by atoms with Crippen LogP contribution >= 0.6 is 15.6 Å². The number of aliphatic hydroxyl groups excluding tert-OH is 1. The third-order valence-corrected chi connectivity index (χ3v) is 3.33. The number of phosphoric ester groups is 1. The normalized spacial score (nSPS) is 11.9. The molecule has 0 bridgehead atoms. The van der Waals surface area contributed by atoms with Gasteiger partial charge in [0.25, 0.3) is 0 Å². The van der Waals surface area contributed by atoms with E-state index in [-0.39, 0.29) is 6.61 Å². The van der Waals surface area contributed by atoms with E-state index in [1.54, 1.807) is 0 Å². The van der Waals surface area contributed by atoms with E-state index in [2.05, 4.69) is 13.4 Å². The van der Waals surface area contributed by atoms with E-state index < -0.39 is 15.6 Å². The van der Waals surface area contributed by atoms with E-state index in [0.717, 1.165) is 14.2 Å². The molecule has 9 nitrogen and oxygen atoms in total. The second-order valence-electron chi connectivity index (χ2n) is 1.90. The highest BCUT2D eigenvalue weighted by Crippen LogP contribution is 2.59. The highest BCUT2D eigenvalue weighted by Gasteiger charge is 2.33. The van der Waals surface area contributed by atoms with Crippen LogP contribution in [0.3, 0.4) is 0 Å². The summed E-state index contributed by atoms with van der Waals surface area (Å²) in [7, 11) is -7.01. The summed E-state index contributed by atoms with van der Waals surface area (Å²) in [6.45, 7) is 0.472. The highest BCUT2D eigenvalue weighted by molar-refractivity contribution is 7.61. The van der Waals surface area contributed by atoms with E-state index in [1.165, 1.54) is 0 Å². The zero-order valence-electron chi connectivity index (χ0n) is 8.27. The Morgan fingerprint density at radius 3 is 1.60 bits per heavy atom. The first-order valence-corrected chi connectivity index (χ1v) is 6.53. The topological polar surface area (TPSA) is 149 Å². The summed E-state index contributed by atoms with van der Waals surface area (Å²) in [6.07, 6.45) is 0. The molecule has 5 N–H and O–H groups in total. The average molecular weight is 267 g/mol. The van der Waals surface area contributed by atoms with Crippen molar-refractivity contribution < 1.29 is 37.4 Å². The predicted octanol–water partition coefficient (Wildman–Crippen LogP) is -0.566. The number of rotatable bonds is 5. The van der Waals surface area contributed by atoms with Crippen molar-refractivity contribution in [2.24, 2.45) is 5.73 Å². The van der Waals surface area contributed by atoms with Crippen molar-refractivity contribution in [1.82, 2.24) is 0 Å². The van der Waals surface area contributed by atoms with Gasteiger partial charge in [0.1, 0.15) is 0 Å². The Balaban J connectivity index is 0. The summed E-state index contributed by atoms with van der Waals surface area (Å²) in [5.41, 5.74) is 4.78. The molecule has 0 aliphatic rings. The molecular weight excluding hydrogens is 252 g/mol. The molecule has 0 aromatic rings. The molecule has 15 heavy (non-hydrogen) atoms. The third-order valence-electron chi connectivity index (χ3n) is 0.783. The fourth-order valence-electron chi connectivity index (χ4n) is 0.271. The summed E-state index contributed by atoms with van der Waals surface area (Å²) in [6, 6.07) is 0. The lowest BCUT2D eigenvalue weighted by Gasteiger charge is -2.12. The zero-order valence-corrected chi connectivity index (χ0v) is 10.1. The van der Waals surface area contributed by atoms with Crippen LogP contribution in [0.4, 0.5) is 0 Å². The minimum atomic E-state index is -4.83. The van der Waals surface area contributed by atoms with Crippen LogP contribution in [0, 0.1) is 0 Å². The molecule has 11 heteroatoms. The van der Waals surface area contributed by atoms with Crippen LogP contribution < -0.4 is 5.73 Å². The number of nitrogens with two attached hydrogens (primary N) is 1. The Labute approximate surface area is 87.0 Å². The Morgan fingerprint density at radius 2 is 1.53 bits per heavy atom. The Bertz CT molecular complexity index is 229. The summed E-state index contributed by atoms with van der Waals surface area (Å²) < 4.78 is 32.8. The quantitative estimate of drug-likeness (QED) is 0.480. The van der Waals surface area contributed by atoms with Gasteiger partial charge in [-0.2, -0.15) is 4.31 Å². The summed E-state index contributed by atoms with van der Waals surface area (Å²) >= 11 is 0. The van der Waals surface area contributed by atoms with Gasteiger partial charge in [0.15, 0.2) is 0 Å². The molecule has 0 spiro atoms. The van der Waals surface area contributed by atoms with Crippen molar-refractivity contribution in [3.63, 3.8) is 0 Å². The van der Waals surface area contributed by atoms with Crippen LogP contribution in [0.1, 0.15) is 0 Å². The standard InChI is InChI=1S/C2H7NO.C2H8O7P2/c3-1-2-4;1-7-11(6,8-2)9-10(3,4)5/h4H,1-3H2;1-2H3,(H2,3,4,5). The molecule has 0 saturated heterocycles. The lowest BCUT2D eigenvalue weighted by atomic mass is 10.8. The van der Waals surface area contributed by atoms with E-state index >= 15 is 0 Å². The van der Waals surface area contributed by atoms with Crippen molar-refractivity contribution in [2.45, 2.75) is 0 Å². The van der Waals surface area contributed by atoms with E-state index in [1.807, 2.05) is 0 Å². The van der Waals surface area contributed by atoms with E-state index in [4.69, 9.17) is 20.6 Å². The van der Waals surface area contributed by atoms with Gasteiger partial charge in [0, 0.05) is 20.8 Å². The molecule has 0 rings (SSSR count). The molecule has 0 aromatic carbocycles. The Morgan fingerprint density at radius 1 is 1.20 bits per heavy atom. The molecule has 0 fully saturated rings. The monoisotopic (exact) mass is 267 g/mol. The Hall–Kier alpha value is 0.180. The van der Waals surface area contributed by atoms with Gasteiger partial charge in [-0.25, -0.2) is 9.13 Å². The van der Waals surface area contributed by atoms with Crippen molar-refractivity contribution in [3.05, 3.63) is 0 Å². The van der Waals surface area contributed by atoms with Gasteiger partial charge in [0.2, 0.25) is 0 Å². The van der Waals surface area contributed by atoms with Crippen molar-refractivity contribution >= 4 is 15.6 Å². The minimum Gasteiger partial charge on any atom is -0.395 e. The first-order valence-electron chi connectivity index (χ1n) is 3.54. The fraction of sp³-hybridized carbons (Fsp3) is 1.00. The molecule has 0 amide bonds. The molecule has 0 saturated carbocycles. The second kappa shape index (κ2) is 8.35. The minimum absolute atomic E-state index is 0.0972. The maximum absolute atomic E-state index is 10.8. The molecule has 0 heterocycles. The summed E-state index contributed by atoms with van der Waals surface area (Å²) in [5.74, 6) is 0. The summed E-state index contributed by atoms with van der Waals surface area (Å²) in [5, 5.41) is 7.75. The molecular formula is C4H15NO8P2. The van der Waals surface area contributed by atoms with Crippen LogP contribution in [0.5, 0.6) is 0 Å². The van der Waals surface area contributed by atoms with Gasteiger partial charge in [-0.3, -0.25) is 9.05 Å². The van der Waals surface area contributed by atoms with Crippen LogP contribution in [-0.4, -0.2) is 42.3 Å². The zero-order chi connectivity index (χ0) is 12.5. The molecule has 0 unspecified atom stereocenters. The van der Waals surface area contributed by atoms with Crippen LogP contribution in [0.15, 0.2) is 0 Å². The molecule has 0 aromatic heterocycles. The van der Waals surface area contributed by atoms with E-state index in [0.29, 0.717) is 6.54 Å². The van der Waals surface area contributed by atoms with Crippen LogP contribution in [0.25, 0.3) is 0 Å². The molecule has 0 aliphatic heterocycles. The largest absolute Gasteiger partial charge is 0.483 e. The highest BCUT2D eigenvalue weighted by atomic mass is 31.3. The number of phosphoric acid groups is 2. The lowest BCUT2D eigenvalue weighted by molar-refractivity contribution is 0.182. The van der Waals surface area contributed by atoms with Gasteiger partial charge in [0.05, 0.1) is 6.61 Å². The average Bonchev–Trinajstić information content (AvgIpc) is 2.15. The molecule has 0 atom stereocenters. The fourth-order valence-corrected chi connectivity index (χ4v) is 2.00. The number of hydrogen-bond acceptors (Lipinski definition) is 7. The second-order valence-corrected chi connectivity index (χ2v) is 5.16. The van der Waals surface area contributed by atoms with Gasteiger partial charge < -0.3 is 20.6 Å². The van der Waals surface area contributed by atoms with Gasteiger partial charge in [-0.05, 0) is 0 Å². The molecule has 94 valence electrons. The smallest absolute Gasteiger partial charge is 0.395 e. The maximum atomic E-state index is 10.8. The molecule has 0 aliphatic carbocycles. The van der Waals surface area contributed by atoms with E-state index in [9.17, 15) is 9.13 Å². The maximum Gasteiger partial charge on any atom is 0.483 e. The number of hydrogen-bond donors (Lipinski definition) is 4. The van der Waals surface area contributed by atoms with Crippen LogP contribution in [0.2, 0.25) is 0 Å². The van der Waals surface area contributed by atoms with Crippen molar-refractivity contribution in [2.75, 3.05) is 27.4 Å². The lowest BCUT2D eigenvalue weighted by Crippen LogP contribution is -2.02. The van der Waals surface area contributed by atoms with Gasteiger partial charge in [-0.15, -0.1) is 0 Å². The third kappa shape index (κ3) is 12.1. The Kier molecular flexibility index (Phi) is 9.78. The molecule has 0 radical (unpaired) electrons. The SMILES string of the molecule is COP(=O)(OC)OP(=O)(O)O.NCCO. The predicted molar refractivity (Wildman–Crippen MR) is 50.9 cm³/mol. The van der Waals surface area contributed by atoms with Gasteiger partial charge >= 0.3 is 15.6 Å². The summed E-state index contributed by atoms with van der Waals surface area (Å²) in [4.78, 5) is 16.3. The first kappa shape index (κ1) is 17.6. The number of aliphatic hydroxyl groups is 1. The van der Waals surface area contributed by atoms with Gasteiger partial charge in [-0.1, -0.05) is 0 Å².